The Morgan fingerprint density at radius 3 is 2.25 bits per heavy atom. The van der Waals surface area contributed by atoms with Crippen molar-refractivity contribution >= 4 is 16.4 Å². The fourth-order valence-corrected chi connectivity index (χ4v) is 2.23. The van der Waals surface area contributed by atoms with Crippen molar-refractivity contribution in [1.29, 1.82) is 0 Å². The number of nitrogens with zero attached hydrogens (tertiary/aromatic N) is 2. The molecule has 0 bridgehead atoms. The Labute approximate surface area is 118 Å². The van der Waals surface area contributed by atoms with Gasteiger partial charge in [0, 0.05) is 18.3 Å². The summed E-state index contributed by atoms with van der Waals surface area (Å²) in [4.78, 5) is 17.6. The van der Waals surface area contributed by atoms with Gasteiger partial charge < -0.3 is 9.08 Å². The number of hydrogen-bond donors (Lipinski definition) is 0. The molecule has 6 nitrogen and oxygen atoms in total. The number of aromatic nitrogens is 1. The molecule has 0 atom stereocenters. The third-order valence-corrected chi connectivity index (χ3v) is 2.89. The van der Waals surface area contributed by atoms with Crippen LogP contribution < -0.4 is 4.18 Å². The lowest BCUT2D eigenvalue weighted by Gasteiger charge is -2.30. The maximum absolute atomic E-state index is 12.4. The van der Waals surface area contributed by atoms with Crippen LogP contribution in [0.5, 0.6) is 5.75 Å². The zero-order valence-corrected chi connectivity index (χ0v) is 12.5. The average molecular weight is 304 g/mol. The molecule has 0 aliphatic carbocycles. The average Bonchev–Trinajstić information content (AvgIpc) is 2.25. The standard InChI is InChI=1S/C12H17FN2O4S/c1-8(2)15(9(3)4)12(16)10-5-11(7-14-6-10)19-20(13,17)18/h5-9H,1-4H3. The highest BCUT2D eigenvalue weighted by Crippen LogP contribution is 2.18. The predicted octanol–water partition coefficient (Wildman–Crippen LogP) is 1.93. The van der Waals surface area contributed by atoms with Crippen LogP contribution in [-0.4, -0.2) is 36.3 Å². The Balaban J connectivity index is 3.08. The van der Waals surface area contributed by atoms with E-state index in [0.29, 0.717) is 0 Å². The summed E-state index contributed by atoms with van der Waals surface area (Å²) in [6.45, 7) is 7.44. The van der Waals surface area contributed by atoms with Gasteiger partial charge >= 0.3 is 10.5 Å². The largest absolute Gasteiger partial charge is 0.488 e. The van der Waals surface area contributed by atoms with Crippen LogP contribution >= 0.6 is 0 Å². The van der Waals surface area contributed by atoms with Crippen molar-refractivity contribution in [2.75, 3.05) is 0 Å². The second-order valence-electron chi connectivity index (χ2n) is 4.79. The van der Waals surface area contributed by atoms with Crippen LogP contribution in [0.1, 0.15) is 38.1 Å². The molecule has 8 heteroatoms. The molecule has 0 saturated heterocycles. The Morgan fingerprint density at radius 1 is 1.25 bits per heavy atom. The minimum Gasteiger partial charge on any atom is -0.357 e. The highest BCUT2D eigenvalue weighted by molar-refractivity contribution is 7.81. The van der Waals surface area contributed by atoms with Gasteiger partial charge in [0.25, 0.3) is 5.91 Å². The van der Waals surface area contributed by atoms with Crippen molar-refractivity contribution in [3.05, 3.63) is 24.0 Å². The van der Waals surface area contributed by atoms with E-state index in [4.69, 9.17) is 0 Å². The summed E-state index contributed by atoms with van der Waals surface area (Å²) in [5.74, 6) is -0.671. The molecule has 1 amide bonds. The molecule has 0 saturated carbocycles. The molecule has 1 aromatic rings. The molecule has 0 unspecified atom stereocenters. The molecule has 0 spiro atoms. The van der Waals surface area contributed by atoms with Crippen LogP contribution in [0.25, 0.3) is 0 Å². The summed E-state index contributed by atoms with van der Waals surface area (Å²) in [6, 6.07) is 1.05. The first-order chi connectivity index (χ1) is 9.11. The monoisotopic (exact) mass is 304 g/mol. The fourth-order valence-electron chi connectivity index (χ4n) is 1.91. The number of hydrogen-bond acceptors (Lipinski definition) is 5. The van der Waals surface area contributed by atoms with E-state index >= 15 is 0 Å². The van der Waals surface area contributed by atoms with Crippen LogP contribution in [0.3, 0.4) is 0 Å². The number of carbonyl (C=O) groups excluding carboxylic acids is 1. The van der Waals surface area contributed by atoms with Crippen molar-refractivity contribution < 1.29 is 21.3 Å². The molecular formula is C12H17FN2O4S. The van der Waals surface area contributed by atoms with Crippen LogP contribution in [0.4, 0.5) is 3.89 Å². The van der Waals surface area contributed by atoms with Gasteiger partial charge in [0.15, 0.2) is 5.75 Å². The lowest BCUT2D eigenvalue weighted by molar-refractivity contribution is 0.0643. The van der Waals surface area contributed by atoms with Gasteiger partial charge in [0.1, 0.15) is 0 Å². The minimum atomic E-state index is -5.14. The van der Waals surface area contributed by atoms with Crippen LogP contribution in [-0.2, 0) is 10.5 Å². The van der Waals surface area contributed by atoms with Gasteiger partial charge in [-0.25, -0.2) is 0 Å². The summed E-state index contributed by atoms with van der Waals surface area (Å²) in [6.07, 6.45) is 2.29. The number of amides is 1. The molecule has 20 heavy (non-hydrogen) atoms. The van der Waals surface area contributed by atoms with Crippen molar-refractivity contribution in [1.82, 2.24) is 9.88 Å². The van der Waals surface area contributed by atoms with Crippen LogP contribution in [0.2, 0.25) is 0 Å². The molecule has 0 fully saturated rings. The molecule has 112 valence electrons. The molecule has 0 aromatic carbocycles. The first-order valence-corrected chi connectivity index (χ1v) is 7.34. The number of rotatable bonds is 5. The highest BCUT2D eigenvalue weighted by Gasteiger charge is 2.22. The zero-order valence-electron chi connectivity index (χ0n) is 11.7. The van der Waals surface area contributed by atoms with Crippen molar-refractivity contribution in [3.63, 3.8) is 0 Å². The van der Waals surface area contributed by atoms with E-state index in [1.165, 1.54) is 6.20 Å². The quantitative estimate of drug-likeness (QED) is 0.777. The molecule has 1 heterocycles. The Bertz CT molecular complexity index is 579. The van der Waals surface area contributed by atoms with Gasteiger partial charge in [-0.1, -0.05) is 3.89 Å². The number of pyridine rings is 1. The van der Waals surface area contributed by atoms with E-state index in [0.717, 1.165) is 12.3 Å². The predicted molar refractivity (Wildman–Crippen MR) is 71.3 cm³/mol. The zero-order chi connectivity index (χ0) is 15.5. The van der Waals surface area contributed by atoms with Gasteiger partial charge in [0.05, 0.1) is 11.8 Å². The molecule has 0 N–H and O–H groups in total. The second-order valence-corrected chi connectivity index (χ2v) is 5.74. The van der Waals surface area contributed by atoms with Gasteiger partial charge in [-0.2, -0.15) is 8.42 Å². The lowest BCUT2D eigenvalue weighted by atomic mass is 10.1. The Kier molecular flexibility index (Phi) is 5.04. The van der Waals surface area contributed by atoms with E-state index in [1.807, 2.05) is 27.7 Å². The van der Waals surface area contributed by atoms with Gasteiger partial charge in [-0.05, 0) is 33.8 Å². The topological polar surface area (TPSA) is 76.6 Å². The minimum absolute atomic E-state index is 0.0445. The summed E-state index contributed by atoms with van der Waals surface area (Å²) in [5.41, 5.74) is 0.133. The second kappa shape index (κ2) is 6.17. The highest BCUT2D eigenvalue weighted by atomic mass is 32.3. The molecular weight excluding hydrogens is 287 g/mol. The molecule has 1 rings (SSSR count). The SMILES string of the molecule is CC(C)N(C(=O)c1cncc(OS(=O)(=O)F)c1)C(C)C. The van der Waals surface area contributed by atoms with E-state index in [-0.39, 0.29) is 29.3 Å². The summed E-state index contributed by atoms with van der Waals surface area (Å²) in [7, 11) is -5.14. The van der Waals surface area contributed by atoms with Gasteiger partial charge in [-0.15, -0.1) is 0 Å². The lowest BCUT2D eigenvalue weighted by Crippen LogP contribution is -2.42. The van der Waals surface area contributed by atoms with Crippen molar-refractivity contribution in [2.45, 2.75) is 39.8 Å². The van der Waals surface area contributed by atoms with E-state index in [2.05, 4.69) is 9.17 Å². The fraction of sp³-hybridized carbons (Fsp3) is 0.500. The van der Waals surface area contributed by atoms with Gasteiger partial charge in [-0.3, -0.25) is 9.78 Å². The molecule has 0 aliphatic heterocycles. The smallest absolute Gasteiger partial charge is 0.357 e. The number of carbonyl (C=O) groups is 1. The first-order valence-electron chi connectivity index (χ1n) is 6.03. The van der Waals surface area contributed by atoms with E-state index in [1.54, 1.807) is 4.90 Å². The molecule has 1 aromatic heterocycles. The van der Waals surface area contributed by atoms with Crippen molar-refractivity contribution in [3.8, 4) is 5.75 Å². The van der Waals surface area contributed by atoms with E-state index in [9.17, 15) is 17.1 Å². The number of halogens is 1. The van der Waals surface area contributed by atoms with Crippen LogP contribution in [0.15, 0.2) is 18.5 Å². The maximum Gasteiger partial charge on any atom is 0.488 e. The maximum atomic E-state index is 12.4. The summed E-state index contributed by atoms with van der Waals surface area (Å²) in [5, 5.41) is 0. The third kappa shape index (κ3) is 4.44. The normalized spacial score (nSPS) is 11.8. The van der Waals surface area contributed by atoms with E-state index < -0.39 is 10.5 Å². The Hall–Kier alpha value is -1.70. The van der Waals surface area contributed by atoms with Gasteiger partial charge in [0.2, 0.25) is 0 Å². The van der Waals surface area contributed by atoms with Crippen LogP contribution in [0, 0.1) is 0 Å². The van der Waals surface area contributed by atoms with Crippen molar-refractivity contribution in [2.24, 2.45) is 0 Å². The summed E-state index contributed by atoms with van der Waals surface area (Å²) >= 11 is 0. The third-order valence-electron chi connectivity index (χ3n) is 2.50. The summed E-state index contributed by atoms with van der Waals surface area (Å²) < 4.78 is 37.4. The first kappa shape index (κ1) is 16.4. The Morgan fingerprint density at radius 2 is 1.80 bits per heavy atom. The molecule has 0 radical (unpaired) electrons. The molecule has 0 aliphatic rings.